The molecule has 0 aromatic rings. The molecule has 0 fully saturated rings. The molecule has 0 rings (SSSR count). The quantitative estimate of drug-likeness (QED) is 0.188. The molecule has 1 amide bonds. The summed E-state index contributed by atoms with van der Waals surface area (Å²) in [6.07, 6.45) is 0.240. The Balaban J connectivity index is 4.10. The summed E-state index contributed by atoms with van der Waals surface area (Å²) in [7, 11) is 1.43. The summed E-state index contributed by atoms with van der Waals surface area (Å²) in [5.41, 5.74) is 2.22. The van der Waals surface area contributed by atoms with Crippen LogP contribution in [0.3, 0.4) is 0 Å². The van der Waals surface area contributed by atoms with Crippen molar-refractivity contribution in [1.29, 1.82) is 0 Å². The molecule has 6 heteroatoms. The van der Waals surface area contributed by atoms with Gasteiger partial charge < -0.3 is 15.8 Å². The van der Waals surface area contributed by atoms with Gasteiger partial charge in [-0.15, -0.1) is 0 Å². The molecule has 0 radical (unpaired) electrons. The number of carbonyl (C=O) groups is 2. The number of carboxylic acids is 1. The number of nitrogens with one attached hydrogen (secondary N) is 2. The number of nitrogens with zero attached hydrogens (tertiary/aromatic N) is 1. The maximum atomic E-state index is 10.1. The predicted octanol–water partition coefficient (Wildman–Crippen LogP) is -1.65. The summed E-state index contributed by atoms with van der Waals surface area (Å²) in [4.78, 5) is 19.8. The number of carbonyl (C=O) groups excluding carboxylic acids is 1. The molecule has 0 saturated heterocycles. The van der Waals surface area contributed by atoms with Crippen molar-refractivity contribution in [1.82, 2.24) is 10.7 Å². The van der Waals surface area contributed by atoms with Crippen LogP contribution in [0.2, 0.25) is 0 Å². The van der Waals surface area contributed by atoms with Crippen molar-refractivity contribution in [3.05, 3.63) is 0 Å². The highest BCUT2D eigenvalue weighted by Crippen LogP contribution is 1.68. The first-order valence-corrected chi connectivity index (χ1v) is 2.40. The lowest BCUT2D eigenvalue weighted by molar-refractivity contribution is -0.130. The number of hydrogen-bond acceptors (Lipinski definition) is 4. The van der Waals surface area contributed by atoms with Gasteiger partial charge in [0.1, 0.15) is 0 Å². The maximum Gasteiger partial charge on any atom is 0.373 e. The van der Waals surface area contributed by atoms with E-state index in [-0.39, 0.29) is 6.41 Å². The summed E-state index contributed by atoms with van der Waals surface area (Å²) >= 11 is 0. The first kappa shape index (κ1) is 8.41. The van der Waals surface area contributed by atoms with Crippen LogP contribution in [0, 0.1) is 0 Å². The Kier molecular flexibility index (Phi) is 3.62. The highest BCUT2D eigenvalue weighted by Gasteiger charge is 2.05. The summed E-state index contributed by atoms with van der Waals surface area (Å²) in [6.45, 7) is 0. The molecule has 0 aromatic carbocycles. The smallest absolute Gasteiger partial charge is 0.373 e. The van der Waals surface area contributed by atoms with E-state index in [1.54, 1.807) is 0 Å². The molecule has 0 aromatic heterocycles. The van der Waals surface area contributed by atoms with Crippen LogP contribution in [0.4, 0.5) is 0 Å². The van der Waals surface area contributed by atoms with Crippen LogP contribution in [0.25, 0.3) is 0 Å². The predicted molar refractivity (Wildman–Crippen MR) is 33.3 cm³/mol. The molecule has 0 saturated carbocycles. The number of aliphatic carboxylic acids is 1. The fraction of sp³-hybridized carbons (Fsp3) is 0.250. The lowest BCUT2D eigenvalue weighted by Gasteiger charge is -1.95. The first-order chi connectivity index (χ1) is 4.72. The minimum absolute atomic E-state index is 0.240. The molecule has 0 bridgehead atoms. The molecule has 0 unspecified atom stereocenters. The lowest BCUT2D eigenvalue weighted by Crippen LogP contribution is -2.31. The number of carboxylic acid groups (broad SMARTS) is 1. The second-order valence-corrected chi connectivity index (χ2v) is 1.25. The van der Waals surface area contributed by atoms with E-state index in [2.05, 4.69) is 10.5 Å². The van der Waals surface area contributed by atoms with Gasteiger partial charge in [-0.1, -0.05) is 0 Å². The average Bonchev–Trinajstić information content (AvgIpc) is 1.87. The molecular formula is C4H7N3O3. The molecular weight excluding hydrogens is 138 g/mol. The molecule has 10 heavy (non-hydrogen) atoms. The molecule has 0 heterocycles. The Morgan fingerprint density at radius 3 is 2.60 bits per heavy atom. The van der Waals surface area contributed by atoms with E-state index in [1.807, 2.05) is 5.32 Å². The Hall–Kier alpha value is -1.59. The number of amidine groups is 1. The van der Waals surface area contributed by atoms with Crippen molar-refractivity contribution in [3.8, 4) is 0 Å². The third kappa shape index (κ3) is 2.65. The van der Waals surface area contributed by atoms with Gasteiger partial charge in [0.2, 0.25) is 12.2 Å². The maximum absolute atomic E-state index is 10.1. The van der Waals surface area contributed by atoms with Gasteiger partial charge in [0.25, 0.3) is 0 Å². The number of hydrazone groups is 1. The zero-order valence-electron chi connectivity index (χ0n) is 5.29. The highest BCUT2D eigenvalue weighted by atomic mass is 16.4. The van der Waals surface area contributed by atoms with Gasteiger partial charge in [-0.25, -0.2) is 4.79 Å². The molecule has 0 aliphatic carbocycles. The van der Waals surface area contributed by atoms with Gasteiger partial charge >= 0.3 is 5.97 Å². The van der Waals surface area contributed by atoms with Gasteiger partial charge in [-0.3, -0.25) is 4.79 Å². The molecule has 0 atom stereocenters. The topological polar surface area (TPSA) is 90.8 Å². The molecule has 0 spiro atoms. The van der Waals surface area contributed by atoms with Gasteiger partial charge in [0.05, 0.1) is 0 Å². The fourth-order valence-corrected chi connectivity index (χ4v) is 0.309. The Bertz CT molecular complexity index is 165. The van der Waals surface area contributed by atoms with Crippen molar-refractivity contribution < 1.29 is 14.7 Å². The van der Waals surface area contributed by atoms with Crippen molar-refractivity contribution in [3.63, 3.8) is 0 Å². The Labute approximate surface area is 56.9 Å². The molecule has 0 aliphatic rings. The largest absolute Gasteiger partial charge is 0.475 e. The van der Waals surface area contributed by atoms with Crippen molar-refractivity contribution in [2.75, 3.05) is 7.05 Å². The first-order valence-electron chi connectivity index (χ1n) is 2.40. The van der Waals surface area contributed by atoms with Gasteiger partial charge in [-0.05, 0) is 0 Å². The standard InChI is InChI=1S/C4H7N3O3/c1-5-7-3(4(9)10)6-2-8/h2,5H,1H3,(H,9,10)(H,6,7,8). The third-order valence-corrected chi connectivity index (χ3v) is 0.622. The molecule has 6 nitrogen and oxygen atoms in total. The van der Waals surface area contributed by atoms with E-state index in [4.69, 9.17) is 5.11 Å². The Morgan fingerprint density at radius 1 is 1.70 bits per heavy atom. The highest BCUT2D eigenvalue weighted by molar-refractivity contribution is 6.36. The zero-order chi connectivity index (χ0) is 7.98. The summed E-state index contributed by atoms with van der Waals surface area (Å²) in [5, 5.41) is 13.4. The minimum atomic E-state index is -1.29. The summed E-state index contributed by atoms with van der Waals surface area (Å²) in [5.74, 6) is -1.72. The zero-order valence-corrected chi connectivity index (χ0v) is 5.29. The summed E-state index contributed by atoms with van der Waals surface area (Å²) in [6, 6.07) is 0. The van der Waals surface area contributed by atoms with E-state index < -0.39 is 11.8 Å². The number of hydrogen-bond donors (Lipinski definition) is 3. The van der Waals surface area contributed by atoms with Crippen LogP contribution < -0.4 is 10.7 Å². The van der Waals surface area contributed by atoms with Crippen molar-refractivity contribution in [2.24, 2.45) is 5.10 Å². The average molecular weight is 145 g/mol. The van der Waals surface area contributed by atoms with Crippen LogP contribution in [0.1, 0.15) is 0 Å². The van der Waals surface area contributed by atoms with Crippen molar-refractivity contribution >= 4 is 18.2 Å². The second-order valence-electron chi connectivity index (χ2n) is 1.25. The minimum Gasteiger partial charge on any atom is -0.475 e. The molecule has 0 aliphatic heterocycles. The van der Waals surface area contributed by atoms with Crippen LogP contribution in [0.5, 0.6) is 0 Å². The second kappa shape index (κ2) is 4.30. The van der Waals surface area contributed by atoms with Crippen LogP contribution in [-0.2, 0) is 9.59 Å². The number of rotatable bonds is 2. The van der Waals surface area contributed by atoms with E-state index >= 15 is 0 Å². The Morgan fingerprint density at radius 2 is 2.30 bits per heavy atom. The number of amides is 1. The van der Waals surface area contributed by atoms with E-state index in [0.717, 1.165) is 0 Å². The lowest BCUT2D eigenvalue weighted by atomic mass is 10.6. The van der Waals surface area contributed by atoms with Crippen LogP contribution in [0.15, 0.2) is 5.10 Å². The van der Waals surface area contributed by atoms with Gasteiger partial charge in [0, 0.05) is 7.05 Å². The van der Waals surface area contributed by atoms with Gasteiger partial charge in [-0.2, -0.15) is 5.10 Å². The summed E-state index contributed by atoms with van der Waals surface area (Å²) < 4.78 is 0. The van der Waals surface area contributed by atoms with E-state index in [9.17, 15) is 9.59 Å². The normalized spacial score (nSPS) is 10.3. The monoisotopic (exact) mass is 145 g/mol. The fourth-order valence-electron chi connectivity index (χ4n) is 0.309. The third-order valence-electron chi connectivity index (χ3n) is 0.622. The van der Waals surface area contributed by atoms with Crippen LogP contribution in [-0.4, -0.2) is 30.4 Å². The molecule has 3 N–H and O–H groups in total. The van der Waals surface area contributed by atoms with Gasteiger partial charge in [0.15, 0.2) is 0 Å². The van der Waals surface area contributed by atoms with Crippen LogP contribution >= 0.6 is 0 Å². The molecule has 56 valence electrons. The SMILES string of the molecule is CN/N=C(\NC=O)C(=O)O. The van der Waals surface area contributed by atoms with E-state index in [1.165, 1.54) is 7.05 Å². The van der Waals surface area contributed by atoms with E-state index in [0.29, 0.717) is 0 Å². The van der Waals surface area contributed by atoms with Crippen molar-refractivity contribution in [2.45, 2.75) is 0 Å².